The Morgan fingerprint density at radius 3 is 2.72 bits per heavy atom. The van der Waals surface area contributed by atoms with E-state index in [0.717, 1.165) is 19.5 Å². The van der Waals surface area contributed by atoms with E-state index in [4.69, 9.17) is 4.74 Å². The van der Waals surface area contributed by atoms with E-state index in [1.807, 2.05) is 0 Å². The number of ether oxygens (including phenoxy) is 1. The van der Waals surface area contributed by atoms with Crippen LogP contribution in [0, 0.1) is 5.41 Å². The molecule has 18 heavy (non-hydrogen) atoms. The predicted octanol–water partition coefficient (Wildman–Crippen LogP) is 2.27. The molecule has 1 aliphatic heterocycles. The number of phenols is 1. The summed E-state index contributed by atoms with van der Waals surface area (Å²) in [7, 11) is 1.54. The molecule has 0 unspecified atom stereocenters. The van der Waals surface area contributed by atoms with Gasteiger partial charge in [-0.15, -0.1) is 0 Å². The first-order valence-corrected chi connectivity index (χ1v) is 6.09. The average Bonchev–Trinajstić information content (AvgIpc) is 2.69. The molecule has 1 N–H and O–H groups in total. The highest BCUT2D eigenvalue weighted by Crippen LogP contribution is 2.32. The third-order valence-corrected chi connectivity index (χ3v) is 3.40. The number of rotatable bonds is 2. The molecule has 0 radical (unpaired) electrons. The maximum atomic E-state index is 12.3. The highest BCUT2D eigenvalue weighted by molar-refractivity contribution is 5.97. The van der Waals surface area contributed by atoms with Crippen LogP contribution in [0.25, 0.3) is 0 Å². The average molecular weight is 249 g/mol. The van der Waals surface area contributed by atoms with Gasteiger partial charge in [0.25, 0.3) is 5.91 Å². The van der Waals surface area contributed by atoms with Crippen molar-refractivity contribution in [3.05, 3.63) is 23.8 Å². The molecule has 1 saturated heterocycles. The topological polar surface area (TPSA) is 49.8 Å². The van der Waals surface area contributed by atoms with Crippen LogP contribution in [0.4, 0.5) is 0 Å². The quantitative estimate of drug-likeness (QED) is 0.874. The SMILES string of the molecule is COc1ccc(O)c(C(=O)N2CCC(C)(C)C2)c1. The number of nitrogens with zero attached hydrogens (tertiary/aromatic N) is 1. The molecule has 1 heterocycles. The highest BCUT2D eigenvalue weighted by atomic mass is 16.5. The van der Waals surface area contributed by atoms with Gasteiger partial charge in [-0.2, -0.15) is 0 Å². The Bertz CT molecular complexity index is 468. The van der Waals surface area contributed by atoms with E-state index < -0.39 is 0 Å². The summed E-state index contributed by atoms with van der Waals surface area (Å²) in [6.07, 6.45) is 0.990. The van der Waals surface area contributed by atoms with E-state index in [1.54, 1.807) is 24.1 Å². The van der Waals surface area contributed by atoms with Crippen molar-refractivity contribution in [1.82, 2.24) is 4.90 Å². The van der Waals surface area contributed by atoms with Crippen molar-refractivity contribution in [2.24, 2.45) is 5.41 Å². The standard InChI is InChI=1S/C14H19NO3/c1-14(2)6-7-15(9-14)13(17)11-8-10(18-3)4-5-12(11)16/h4-5,8,16H,6-7,9H2,1-3H3. The number of benzene rings is 1. The lowest BCUT2D eigenvalue weighted by molar-refractivity contribution is 0.0775. The molecule has 0 aromatic heterocycles. The van der Waals surface area contributed by atoms with Gasteiger partial charge in [-0.05, 0) is 30.0 Å². The Kier molecular flexibility index (Phi) is 3.20. The fraction of sp³-hybridized carbons (Fsp3) is 0.500. The minimum absolute atomic E-state index is 0.00510. The maximum absolute atomic E-state index is 12.3. The van der Waals surface area contributed by atoms with Crippen LogP contribution in [0.1, 0.15) is 30.6 Å². The lowest BCUT2D eigenvalue weighted by Crippen LogP contribution is -2.30. The van der Waals surface area contributed by atoms with Crippen LogP contribution < -0.4 is 4.74 Å². The van der Waals surface area contributed by atoms with Gasteiger partial charge in [0.1, 0.15) is 11.5 Å². The second-order valence-electron chi connectivity index (χ2n) is 5.52. The third-order valence-electron chi connectivity index (χ3n) is 3.40. The van der Waals surface area contributed by atoms with Gasteiger partial charge in [-0.1, -0.05) is 13.8 Å². The van der Waals surface area contributed by atoms with Crippen LogP contribution in [0.3, 0.4) is 0 Å². The zero-order valence-electron chi connectivity index (χ0n) is 11.1. The summed E-state index contributed by atoms with van der Waals surface area (Å²) in [5.74, 6) is 0.456. The largest absolute Gasteiger partial charge is 0.507 e. The molecule has 98 valence electrons. The fourth-order valence-corrected chi connectivity index (χ4v) is 2.27. The molecule has 0 spiro atoms. The van der Waals surface area contributed by atoms with E-state index in [9.17, 15) is 9.90 Å². The number of phenolic OH excluding ortho intramolecular Hbond substituents is 1. The van der Waals surface area contributed by atoms with Gasteiger partial charge in [-0.3, -0.25) is 4.79 Å². The van der Waals surface area contributed by atoms with E-state index in [2.05, 4.69) is 13.8 Å². The number of hydrogen-bond donors (Lipinski definition) is 1. The van der Waals surface area contributed by atoms with Gasteiger partial charge in [0.05, 0.1) is 12.7 Å². The van der Waals surface area contributed by atoms with E-state index in [1.165, 1.54) is 6.07 Å². The summed E-state index contributed by atoms with van der Waals surface area (Å²) < 4.78 is 5.08. The Labute approximate surface area is 107 Å². The Morgan fingerprint density at radius 2 is 2.17 bits per heavy atom. The van der Waals surface area contributed by atoms with Crippen molar-refractivity contribution >= 4 is 5.91 Å². The minimum Gasteiger partial charge on any atom is -0.507 e. The van der Waals surface area contributed by atoms with Gasteiger partial charge in [0.2, 0.25) is 0 Å². The summed E-state index contributed by atoms with van der Waals surface area (Å²) in [5.41, 5.74) is 0.469. The lowest BCUT2D eigenvalue weighted by atomic mass is 9.93. The molecule has 1 fully saturated rings. The number of aromatic hydroxyl groups is 1. The van der Waals surface area contributed by atoms with Crippen molar-refractivity contribution < 1.29 is 14.6 Å². The minimum atomic E-state index is -0.128. The van der Waals surface area contributed by atoms with Crippen LogP contribution in [-0.4, -0.2) is 36.1 Å². The first-order valence-electron chi connectivity index (χ1n) is 6.09. The molecule has 0 bridgehead atoms. The molecule has 0 atom stereocenters. The molecule has 4 nitrogen and oxygen atoms in total. The van der Waals surface area contributed by atoms with Crippen LogP contribution in [0.2, 0.25) is 0 Å². The van der Waals surface area contributed by atoms with Crippen molar-refractivity contribution in [3.8, 4) is 11.5 Å². The summed E-state index contributed by atoms with van der Waals surface area (Å²) in [4.78, 5) is 14.1. The van der Waals surface area contributed by atoms with Gasteiger partial charge >= 0.3 is 0 Å². The molecular weight excluding hydrogens is 230 g/mol. The number of carbonyl (C=O) groups excluding carboxylic acids is 1. The summed E-state index contributed by atoms with van der Waals surface area (Å²) in [6.45, 7) is 5.75. The third kappa shape index (κ3) is 2.42. The van der Waals surface area contributed by atoms with Gasteiger partial charge < -0.3 is 14.7 Å². The van der Waals surface area contributed by atoms with E-state index in [-0.39, 0.29) is 17.1 Å². The number of methoxy groups -OCH3 is 1. The predicted molar refractivity (Wildman–Crippen MR) is 69.0 cm³/mol. The molecule has 4 heteroatoms. The second-order valence-corrected chi connectivity index (χ2v) is 5.52. The Balaban J connectivity index is 2.24. The number of likely N-dealkylation sites (tertiary alicyclic amines) is 1. The van der Waals surface area contributed by atoms with Crippen molar-refractivity contribution in [2.45, 2.75) is 20.3 Å². The monoisotopic (exact) mass is 249 g/mol. The van der Waals surface area contributed by atoms with Gasteiger partial charge in [0, 0.05) is 13.1 Å². The molecule has 0 saturated carbocycles. The smallest absolute Gasteiger partial charge is 0.257 e. The zero-order valence-corrected chi connectivity index (χ0v) is 11.1. The van der Waals surface area contributed by atoms with E-state index in [0.29, 0.717) is 11.3 Å². The highest BCUT2D eigenvalue weighted by Gasteiger charge is 2.33. The van der Waals surface area contributed by atoms with Crippen LogP contribution in [0.15, 0.2) is 18.2 Å². The molecule has 2 rings (SSSR count). The van der Waals surface area contributed by atoms with Crippen LogP contribution >= 0.6 is 0 Å². The first kappa shape index (κ1) is 12.7. The summed E-state index contributed by atoms with van der Waals surface area (Å²) in [6, 6.07) is 4.72. The van der Waals surface area contributed by atoms with Gasteiger partial charge in [0.15, 0.2) is 0 Å². The molecule has 0 aliphatic carbocycles. The number of amides is 1. The Hall–Kier alpha value is -1.71. The second kappa shape index (κ2) is 4.52. The molecule has 1 amide bonds. The van der Waals surface area contributed by atoms with Crippen LogP contribution in [0.5, 0.6) is 11.5 Å². The molecule has 1 aliphatic rings. The molecule has 1 aromatic carbocycles. The first-order chi connectivity index (χ1) is 8.43. The summed E-state index contributed by atoms with van der Waals surface area (Å²) >= 11 is 0. The zero-order chi connectivity index (χ0) is 13.3. The lowest BCUT2D eigenvalue weighted by Gasteiger charge is -2.20. The van der Waals surface area contributed by atoms with Crippen molar-refractivity contribution in [2.75, 3.05) is 20.2 Å². The van der Waals surface area contributed by atoms with Crippen LogP contribution in [-0.2, 0) is 0 Å². The van der Waals surface area contributed by atoms with E-state index >= 15 is 0 Å². The van der Waals surface area contributed by atoms with Crippen molar-refractivity contribution in [3.63, 3.8) is 0 Å². The van der Waals surface area contributed by atoms with Gasteiger partial charge in [-0.25, -0.2) is 0 Å². The molecular formula is C14H19NO3. The Morgan fingerprint density at radius 1 is 1.44 bits per heavy atom. The normalized spacial score (nSPS) is 17.8. The number of hydrogen-bond acceptors (Lipinski definition) is 3. The fourth-order valence-electron chi connectivity index (χ4n) is 2.27. The maximum Gasteiger partial charge on any atom is 0.257 e. The number of carbonyl (C=O) groups is 1. The summed E-state index contributed by atoms with van der Waals surface area (Å²) in [5, 5.41) is 9.79. The van der Waals surface area contributed by atoms with Crippen molar-refractivity contribution in [1.29, 1.82) is 0 Å². The molecule has 1 aromatic rings.